The molecule has 0 radical (unpaired) electrons. The highest BCUT2D eigenvalue weighted by molar-refractivity contribution is 9.11. The first-order chi connectivity index (χ1) is 8.15. The van der Waals surface area contributed by atoms with Crippen molar-refractivity contribution >= 4 is 54.9 Å². The zero-order chi connectivity index (χ0) is 12.3. The van der Waals surface area contributed by atoms with Crippen LogP contribution >= 0.6 is 44.1 Å². The van der Waals surface area contributed by atoms with Crippen LogP contribution in [0, 0.1) is 0 Å². The van der Waals surface area contributed by atoms with Crippen LogP contribution in [0.4, 0.5) is 5.69 Å². The van der Waals surface area contributed by atoms with E-state index in [-0.39, 0.29) is 0 Å². The Hall–Kier alpha value is -0.130. The van der Waals surface area contributed by atoms with E-state index >= 15 is 0 Å². The van der Waals surface area contributed by atoms with Crippen molar-refractivity contribution in [3.8, 4) is 0 Å². The van der Waals surface area contributed by atoms with Gasteiger partial charge in [-0.2, -0.15) is 0 Å². The Balaban J connectivity index is 1.95. The van der Waals surface area contributed by atoms with Gasteiger partial charge in [0.25, 0.3) is 0 Å². The number of halogens is 2. The van der Waals surface area contributed by atoms with Crippen LogP contribution in [0.25, 0.3) is 0 Å². The van der Waals surface area contributed by atoms with E-state index in [1.165, 1.54) is 25.7 Å². The molecule has 1 saturated carbocycles. The Morgan fingerprint density at radius 1 is 1.24 bits per heavy atom. The average molecular weight is 378 g/mol. The van der Waals surface area contributed by atoms with Gasteiger partial charge in [0.15, 0.2) is 5.11 Å². The summed E-state index contributed by atoms with van der Waals surface area (Å²) < 4.78 is 2.04. The summed E-state index contributed by atoms with van der Waals surface area (Å²) in [6, 6.07) is 6.53. The van der Waals surface area contributed by atoms with Crippen LogP contribution in [0.15, 0.2) is 27.1 Å². The van der Waals surface area contributed by atoms with Gasteiger partial charge in [0.2, 0.25) is 0 Å². The van der Waals surface area contributed by atoms with Crippen LogP contribution in [-0.2, 0) is 0 Å². The highest BCUT2D eigenvalue weighted by Gasteiger charge is 2.15. The number of benzene rings is 1. The number of thiocarbonyl (C=S) groups is 1. The van der Waals surface area contributed by atoms with Gasteiger partial charge < -0.3 is 10.6 Å². The second-order valence-corrected chi connectivity index (χ2v) is 6.38. The first-order valence-corrected chi connectivity index (χ1v) is 7.67. The molecular weight excluding hydrogens is 364 g/mol. The lowest BCUT2D eigenvalue weighted by Gasteiger charge is -2.16. The highest BCUT2D eigenvalue weighted by Crippen LogP contribution is 2.26. The van der Waals surface area contributed by atoms with Gasteiger partial charge in [-0.15, -0.1) is 0 Å². The molecule has 1 fully saturated rings. The lowest BCUT2D eigenvalue weighted by molar-refractivity contribution is 0.634. The molecule has 2 rings (SSSR count). The van der Waals surface area contributed by atoms with E-state index in [0.29, 0.717) is 11.2 Å². The van der Waals surface area contributed by atoms with Gasteiger partial charge in [-0.1, -0.05) is 28.8 Å². The van der Waals surface area contributed by atoms with Crippen LogP contribution in [0.2, 0.25) is 0 Å². The fourth-order valence-electron chi connectivity index (χ4n) is 2.01. The minimum absolute atomic E-state index is 0.543. The standard InChI is InChI=1S/C12H14Br2N2S/c13-8-5-6-10(14)11(7-8)16-12(17)15-9-3-1-2-4-9/h5-7,9H,1-4H2,(H2,15,16,17). The van der Waals surface area contributed by atoms with E-state index in [1.54, 1.807) is 0 Å². The molecule has 0 spiro atoms. The van der Waals surface area contributed by atoms with Gasteiger partial charge >= 0.3 is 0 Å². The molecule has 0 unspecified atom stereocenters. The maximum Gasteiger partial charge on any atom is 0.171 e. The molecule has 5 heteroatoms. The Labute approximate surface area is 124 Å². The molecule has 1 aromatic carbocycles. The number of hydrogen-bond acceptors (Lipinski definition) is 1. The van der Waals surface area contributed by atoms with Crippen molar-refractivity contribution in [3.05, 3.63) is 27.1 Å². The summed E-state index contributed by atoms with van der Waals surface area (Å²) in [4.78, 5) is 0. The maximum absolute atomic E-state index is 5.32. The molecule has 2 nitrogen and oxygen atoms in total. The van der Waals surface area contributed by atoms with Crippen molar-refractivity contribution in [1.82, 2.24) is 5.32 Å². The summed E-state index contributed by atoms with van der Waals surface area (Å²) >= 11 is 12.3. The quantitative estimate of drug-likeness (QED) is 0.745. The molecule has 92 valence electrons. The Morgan fingerprint density at radius 3 is 2.65 bits per heavy atom. The number of rotatable bonds is 2. The Morgan fingerprint density at radius 2 is 1.94 bits per heavy atom. The molecule has 2 N–H and O–H groups in total. The molecular formula is C12H14Br2N2S. The van der Waals surface area contributed by atoms with E-state index in [4.69, 9.17) is 12.2 Å². The van der Waals surface area contributed by atoms with Crippen molar-refractivity contribution < 1.29 is 0 Å². The highest BCUT2D eigenvalue weighted by atomic mass is 79.9. The molecule has 0 aromatic heterocycles. The normalized spacial score (nSPS) is 15.9. The molecule has 0 bridgehead atoms. The fourth-order valence-corrected chi connectivity index (χ4v) is 2.99. The van der Waals surface area contributed by atoms with Gasteiger partial charge in [-0.25, -0.2) is 0 Å². The largest absolute Gasteiger partial charge is 0.360 e. The van der Waals surface area contributed by atoms with Gasteiger partial charge in [0, 0.05) is 15.0 Å². The number of anilines is 1. The summed E-state index contributed by atoms with van der Waals surface area (Å²) in [6.07, 6.45) is 5.06. The monoisotopic (exact) mass is 376 g/mol. The summed E-state index contributed by atoms with van der Waals surface area (Å²) in [6.45, 7) is 0. The van der Waals surface area contributed by atoms with Crippen molar-refractivity contribution in [2.45, 2.75) is 31.7 Å². The summed E-state index contributed by atoms with van der Waals surface area (Å²) in [5.74, 6) is 0. The second kappa shape index (κ2) is 6.16. The molecule has 0 amide bonds. The molecule has 0 aliphatic heterocycles. The van der Waals surface area contributed by atoms with Crippen molar-refractivity contribution in [2.75, 3.05) is 5.32 Å². The predicted octanol–water partition coefficient (Wildman–Crippen LogP) is 4.44. The third-order valence-electron chi connectivity index (χ3n) is 2.87. The van der Waals surface area contributed by atoms with Gasteiger partial charge in [-0.05, 0) is 59.2 Å². The first kappa shape index (κ1) is 13.3. The predicted molar refractivity (Wildman–Crippen MR) is 83.5 cm³/mol. The van der Waals surface area contributed by atoms with Crippen molar-refractivity contribution in [3.63, 3.8) is 0 Å². The lowest BCUT2D eigenvalue weighted by Crippen LogP contribution is -2.35. The van der Waals surface area contributed by atoms with Crippen LogP contribution in [0.1, 0.15) is 25.7 Å². The van der Waals surface area contributed by atoms with Crippen LogP contribution in [0.5, 0.6) is 0 Å². The van der Waals surface area contributed by atoms with Crippen LogP contribution in [0.3, 0.4) is 0 Å². The minimum atomic E-state index is 0.543. The third kappa shape index (κ3) is 3.93. The van der Waals surface area contributed by atoms with Crippen molar-refractivity contribution in [2.24, 2.45) is 0 Å². The van der Waals surface area contributed by atoms with Crippen LogP contribution < -0.4 is 10.6 Å². The molecule has 1 aliphatic rings. The molecule has 17 heavy (non-hydrogen) atoms. The third-order valence-corrected chi connectivity index (χ3v) is 4.27. The topological polar surface area (TPSA) is 24.1 Å². The first-order valence-electron chi connectivity index (χ1n) is 5.68. The second-order valence-electron chi connectivity index (χ2n) is 4.20. The maximum atomic E-state index is 5.32. The van der Waals surface area contributed by atoms with Crippen LogP contribution in [-0.4, -0.2) is 11.2 Å². The number of hydrogen-bond donors (Lipinski definition) is 2. The van der Waals surface area contributed by atoms with E-state index in [2.05, 4.69) is 42.5 Å². The Bertz CT molecular complexity index is 417. The lowest BCUT2D eigenvalue weighted by atomic mass is 10.2. The smallest absolute Gasteiger partial charge is 0.171 e. The zero-order valence-electron chi connectivity index (χ0n) is 9.30. The van der Waals surface area contributed by atoms with Crippen molar-refractivity contribution in [1.29, 1.82) is 0 Å². The molecule has 0 heterocycles. The SMILES string of the molecule is S=C(Nc1cc(Br)ccc1Br)NC1CCCC1. The van der Waals surface area contributed by atoms with E-state index in [0.717, 1.165) is 14.6 Å². The molecule has 1 aromatic rings. The fraction of sp³-hybridized carbons (Fsp3) is 0.417. The summed E-state index contributed by atoms with van der Waals surface area (Å²) in [7, 11) is 0. The average Bonchev–Trinajstić information content (AvgIpc) is 2.76. The minimum Gasteiger partial charge on any atom is -0.360 e. The number of nitrogens with one attached hydrogen (secondary N) is 2. The van der Waals surface area contributed by atoms with Gasteiger partial charge in [-0.3, -0.25) is 0 Å². The molecule has 0 atom stereocenters. The van der Waals surface area contributed by atoms with E-state index in [9.17, 15) is 0 Å². The molecule has 0 saturated heterocycles. The molecule has 1 aliphatic carbocycles. The van der Waals surface area contributed by atoms with Gasteiger partial charge in [0.1, 0.15) is 0 Å². The summed E-state index contributed by atoms with van der Waals surface area (Å²) in [5, 5.41) is 7.28. The Kier molecular flexibility index (Phi) is 4.82. The van der Waals surface area contributed by atoms with E-state index < -0.39 is 0 Å². The summed E-state index contributed by atoms with van der Waals surface area (Å²) in [5.41, 5.74) is 0.981. The van der Waals surface area contributed by atoms with Gasteiger partial charge in [0.05, 0.1) is 5.69 Å². The van der Waals surface area contributed by atoms with E-state index in [1.807, 2.05) is 18.2 Å². The zero-order valence-corrected chi connectivity index (χ0v) is 13.3.